The average Bonchev–Trinajstić information content (AvgIpc) is 2.82. The molecule has 5 nitrogen and oxygen atoms in total. The lowest BCUT2D eigenvalue weighted by atomic mass is 9.98. The summed E-state index contributed by atoms with van der Waals surface area (Å²) in [7, 11) is 0. The largest absolute Gasteiger partial charge is 0.480 e. The van der Waals surface area contributed by atoms with Crippen LogP contribution in [0.4, 0.5) is 0 Å². The molecule has 0 aliphatic carbocycles. The standard InChI is InChI=1S/C13H20N2O3/c16-13(17)8-14-7-11-3-1-5-15(9-11)10-12-4-2-6-18-12/h2,4,6,11,14H,1,3,5,7-10H2,(H,16,17). The number of carboxylic acid groups (broad SMARTS) is 1. The molecule has 18 heavy (non-hydrogen) atoms. The van der Waals surface area contributed by atoms with E-state index in [2.05, 4.69) is 10.2 Å². The summed E-state index contributed by atoms with van der Waals surface area (Å²) in [5, 5.41) is 11.6. The Morgan fingerprint density at radius 1 is 1.61 bits per heavy atom. The predicted molar refractivity (Wildman–Crippen MR) is 67.2 cm³/mol. The molecule has 1 fully saturated rings. The highest BCUT2D eigenvalue weighted by Gasteiger charge is 2.20. The lowest BCUT2D eigenvalue weighted by molar-refractivity contribution is -0.136. The van der Waals surface area contributed by atoms with Gasteiger partial charge < -0.3 is 14.8 Å². The predicted octanol–water partition coefficient (Wildman–Crippen LogP) is 1.17. The van der Waals surface area contributed by atoms with E-state index in [1.165, 1.54) is 12.8 Å². The zero-order chi connectivity index (χ0) is 12.8. The molecule has 0 spiro atoms. The van der Waals surface area contributed by atoms with Gasteiger partial charge in [0.05, 0.1) is 19.4 Å². The maximum Gasteiger partial charge on any atom is 0.317 e. The Kier molecular flexibility index (Phi) is 4.78. The Morgan fingerprint density at radius 3 is 3.22 bits per heavy atom. The Bertz CT molecular complexity index is 364. The second-order valence-electron chi connectivity index (χ2n) is 4.85. The zero-order valence-corrected chi connectivity index (χ0v) is 10.5. The Balaban J connectivity index is 1.72. The lowest BCUT2D eigenvalue weighted by Crippen LogP contribution is -2.40. The van der Waals surface area contributed by atoms with Crippen LogP contribution in [0.5, 0.6) is 0 Å². The Morgan fingerprint density at radius 2 is 2.50 bits per heavy atom. The molecule has 100 valence electrons. The first-order chi connectivity index (χ1) is 8.74. The van der Waals surface area contributed by atoms with Crippen LogP contribution in [0.2, 0.25) is 0 Å². The number of nitrogens with zero attached hydrogens (tertiary/aromatic N) is 1. The van der Waals surface area contributed by atoms with Crippen molar-refractivity contribution in [2.24, 2.45) is 5.92 Å². The summed E-state index contributed by atoms with van der Waals surface area (Å²) in [6.07, 6.45) is 4.03. The van der Waals surface area contributed by atoms with Crippen molar-refractivity contribution >= 4 is 5.97 Å². The minimum absolute atomic E-state index is 0.0503. The molecule has 2 rings (SSSR count). The highest BCUT2D eigenvalue weighted by molar-refractivity contribution is 5.68. The van der Waals surface area contributed by atoms with E-state index in [1.54, 1.807) is 6.26 Å². The van der Waals surface area contributed by atoms with Gasteiger partial charge in [0.2, 0.25) is 0 Å². The molecule has 5 heteroatoms. The van der Waals surface area contributed by atoms with Crippen molar-refractivity contribution < 1.29 is 14.3 Å². The van der Waals surface area contributed by atoms with Crippen molar-refractivity contribution in [1.82, 2.24) is 10.2 Å². The van der Waals surface area contributed by atoms with Crippen LogP contribution in [-0.2, 0) is 11.3 Å². The van der Waals surface area contributed by atoms with Crippen LogP contribution in [0.3, 0.4) is 0 Å². The molecule has 1 saturated heterocycles. The average molecular weight is 252 g/mol. The van der Waals surface area contributed by atoms with Crippen molar-refractivity contribution in [3.8, 4) is 0 Å². The van der Waals surface area contributed by atoms with Crippen molar-refractivity contribution in [2.45, 2.75) is 19.4 Å². The van der Waals surface area contributed by atoms with Crippen LogP contribution in [0.15, 0.2) is 22.8 Å². The number of carboxylic acids is 1. The molecule has 2 heterocycles. The summed E-state index contributed by atoms with van der Waals surface area (Å²) in [5.74, 6) is 0.737. The SMILES string of the molecule is O=C(O)CNCC1CCCN(Cc2ccco2)C1. The van der Waals surface area contributed by atoms with Gasteiger partial charge in [0.15, 0.2) is 0 Å². The van der Waals surface area contributed by atoms with Crippen molar-refractivity contribution in [1.29, 1.82) is 0 Å². The second kappa shape index (κ2) is 6.56. The first-order valence-corrected chi connectivity index (χ1v) is 6.41. The van der Waals surface area contributed by atoms with E-state index in [9.17, 15) is 4.79 Å². The molecular weight excluding hydrogens is 232 g/mol. The maximum atomic E-state index is 10.4. The molecule has 0 saturated carbocycles. The van der Waals surface area contributed by atoms with Crippen LogP contribution in [-0.4, -0.2) is 42.2 Å². The minimum atomic E-state index is -0.793. The minimum Gasteiger partial charge on any atom is -0.480 e. The molecule has 0 radical (unpaired) electrons. The van der Waals surface area contributed by atoms with Gasteiger partial charge in [-0.1, -0.05) is 0 Å². The van der Waals surface area contributed by atoms with Gasteiger partial charge in [0.1, 0.15) is 5.76 Å². The van der Waals surface area contributed by atoms with Crippen LogP contribution >= 0.6 is 0 Å². The third-order valence-electron chi connectivity index (χ3n) is 3.27. The first kappa shape index (κ1) is 13.1. The summed E-state index contributed by atoms with van der Waals surface area (Å²) >= 11 is 0. The lowest BCUT2D eigenvalue weighted by Gasteiger charge is -2.32. The van der Waals surface area contributed by atoms with Crippen molar-refractivity contribution in [3.05, 3.63) is 24.2 Å². The van der Waals surface area contributed by atoms with Gasteiger partial charge in [-0.3, -0.25) is 9.69 Å². The highest BCUT2D eigenvalue weighted by Crippen LogP contribution is 2.18. The van der Waals surface area contributed by atoms with Gasteiger partial charge >= 0.3 is 5.97 Å². The molecule has 2 N–H and O–H groups in total. The number of piperidine rings is 1. The summed E-state index contributed by atoms with van der Waals surface area (Å²) in [6.45, 7) is 3.78. The van der Waals surface area contributed by atoms with E-state index in [0.29, 0.717) is 5.92 Å². The third kappa shape index (κ3) is 4.16. The smallest absolute Gasteiger partial charge is 0.317 e. The molecule has 1 atom stereocenters. The topological polar surface area (TPSA) is 65.7 Å². The number of aliphatic carboxylic acids is 1. The fourth-order valence-electron chi connectivity index (χ4n) is 2.47. The van der Waals surface area contributed by atoms with E-state index in [-0.39, 0.29) is 6.54 Å². The van der Waals surface area contributed by atoms with E-state index in [4.69, 9.17) is 9.52 Å². The number of furan rings is 1. The number of carbonyl (C=O) groups is 1. The van der Waals surface area contributed by atoms with E-state index < -0.39 is 5.97 Å². The van der Waals surface area contributed by atoms with Crippen LogP contribution in [0, 0.1) is 5.92 Å². The number of rotatable bonds is 6. The summed E-state index contributed by atoms with van der Waals surface area (Å²) in [6, 6.07) is 3.90. The quantitative estimate of drug-likeness (QED) is 0.795. The van der Waals surface area contributed by atoms with E-state index in [0.717, 1.165) is 31.9 Å². The van der Waals surface area contributed by atoms with Gasteiger partial charge in [0.25, 0.3) is 0 Å². The number of hydrogen-bond donors (Lipinski definition) is 2. The summed E-state index contributed by atoms with van der Waals surface area (Å²) in [5.41, 5.74) is 0. The normalized spacial score (nSPS) is 21.0. The van der Waals surface area contributed by atoms with Crippen LogP contribution in [0.1, 0.15) is 18.6 Å². The number of likely N-dealkylation sites (tertiary alicyclic amines) is 1. The van der Waals surface area contributed by atoms with Crippen molar-refractivity contribution in [2.75, 3.05) is 26.2 Å². The van der Waals surface area contributed by atoms with Crippen LogP contribution in [0.25, 0.3) is 0 Å². The summed E-state index contributed by atoms with van der Waals surface area (Å²) < 4.78 is 5.35. The molecular formula is C13H20N2O3. The van der Waals surface area contributed by atoms with Crippen molar-refractivity contribution in [3.63, 3.8) is 0 Å². The second-order valence-corrected chi connectivity index (χ2v) is 4.85. The fraction of sp³-hybridized carbons (Fsp3) is 0.615. The van der Waals surface area contributed by atoms with Gasteiger partial charge in [-0.05, 0) is 44.0 Å². The fourth-order valence-corrected chi connectivity index (χ4v) is 2.47. The molecule has 0 amide bonds. The highest BCUT2D eigenvalue weighted by atomic mass is 16.4. The Hall–Kier alpha value is -1.33. The molecule has 1 aromatic rings. The van der Waals surface area contributed by atoms with Gasteiger partial charge in [-0.2, -0.15) is 0 Å². The molecule has 1 aromatic heterocycles. The zero-order valence-electron chi connectivity index (χ0n) is 10.5. The first-order valence-electron chi connectivity index (χ1n) is 6.41. The third-order valence-corrected chi connectivity index (χ3v) is 3.27. The maximum absolute atomic E-state index is 10.4. The Labute approximate surface area is 107 Å². The number of nitrogens with one attached hydrogen (secondary N) is 1. The molecule has 1 aliphatic heterocycles. The van der Waals surface area contributed by atoms with E-state index in [1.807, 2.05) is 12.1 Å². The van der Waals surface area contributed by atoms with Gasteiger partial charge in [-0.25, -0.2) is 0 Å². The monoisotopic (exact) mass is 252 g/mol. The molecule has 1 aliphatic rings. The van der Waals surface area contributed by atoms with Crippen LogP contribution < -0.4 is 5.32 Å². The number of hydrogen-bond acceptors (Lipinski definition) is 4. The van der Waals surface area contributed by atoms with Gasteiger partial charge in [0, 0.05) is 6.54 Å². The van der Waals surface area contributed by atoms with E-state index >= 15 is 0 Å². The van der Waals surface area contributed by atoms with Gasteiger partial charge in [-0.15, -0.1) is 0 Å². The summed E-state index contributed by atoms with van der Waals surface area (Å²) in [4.78, 5) is 12.8. The molecule has 0 bridgehead atoms. The molecule has 1 unspecified atom stereocenters. The molecule has 0 aromatic carbocycles.